The molecule has 0 unspecified atom stereocenters. The molecule has 17 heavy (non-hydrogen) atoms. The van der Waals surface area contributed by atoms with Crippen molar-refractivity contribution >= 4 is 22.9 Å². The van der Waals surface area contributed by atoms with Crippen molar-refractivity contribution in [2.75, 3.05) is 6.54 Å². The molecule has 0 radical (unpaired) electrons. The smallest absolute Gasteiger partial charge is 0.0931 e. The van der Waals surface area contributed by atoms with Gasteiger partial charge < -0.3 is 5.32 Å². The van der Waals surface area contributed by atoms with Crippen molar-refractivity contribution < 1.29 is 0 Å². The van der Waals surface area contributed by atoms with Gasteiger partial charge in [0.15, 0.2) is 0 Å². The lowest BCUT2D eigenvalue weighted by Gasteiger charge is -2.06. The zero-order valence-electron chi connectivity index (χ0n) is 9.87. The summed E-state index contributed by atoms with van der Waals surface area (Å²) in [5.74, 6) is 0. The van der Waals surface area contributed by atoms with Crippen molar-refractivity contribution in [3.63, 3.8) is 0 Å². The molecule has 0 spiro atoms. The van der Waals surface area contributed by atoms with Crippen LogP contribution in [0.4, 0.5) is 0 Å². The topological polar surface area (TPSA) is 12.0 Å². The Morgan fingerprint density at radius 3 is 2.71 bits per heavy atom. The van der Waals surface area contributed by atoms with Gasteiger partial charge in [-0.3, -0.25) is 0 Å². The summed E-state index contributed by atoms with van der Waals surface area (Å²) < 4.78 is 0.862. The third kappa shape index (κ3) is 3.84. The Balaban J connectivity index is 1.75. The molecule has 0 atom stereocenters. The van der Waals surface area contributed by atoms with Gasteiger partial charge in [0, 0.05) is 11.4 Å². The van der Waals surface area contributed by atoms with Crippen LogP contribution in [0.2, 0.25) is 4.34 Å². The minimum absolute atomic E-state index is 0.862. The van der Waals surface area contributed by atoms with Crippen molar-refractivity contribution in [2.24, 2.45) is 0 Å². The minimum atomic E-state index is 0.862. The number of hydrogen-bond acceptors (Lipinski definition) is 2. The molecular weight excluding hydrogens is 250 g/mol. The van der Waals surface area contributed by atoms with Gasteiger partial charge in [-0.2, -0.15) is 0 Å². The lowest BCUT2D eigenvalue weighted by Crippen LogP contribution is -2.16. The van der Waals surface area contributed by atoms with E-state index in [0.717, 1.165) is 23.8 Å². The zero-order valence-corrected chi connectivity index (χ0v) is 11.4. The van der Waals surface area contributed by atoms with Crippen molar-refractivity contribution in [1.29, 1.82) is 0 Å². The highest BCUT2D eigenvalue weighted by Crippen LogP contribution is 2.20. The number of halogens is 1. The fourth-order valence-electron chi connectivity index (χ4n) is 1.77. The molecule has 3 heteroatoms. The predicted octanol–water partition coefficient (Wildman–Crippen LogP) is 4.04. The number of nitrogens with one attached hydrogen (secondary N) is 1. The van der Waals surface area contributed by atoms with Crippen LogP contribution in [-0.4, -0.2) is 6.54 Å². The summed E-state index contributed by atoms with van der Waals surface area (Å²) in [5.41, 5.74) is 2.79. The maximum absolute atomic E-state index is 5.88. The average molecular weight is 266 g/mol. The Bertz CT molecular complexity index is 479. The highest BCUT2D eigenvalue weighted by atomic mass is 35.5. The Morgan fingerprint density at radius 1 is 1.18 bits per heavy atom. The second kappa shape index (κ2) is 6.20. The second-order valence-electron chi connectivity index (χ2n) is 4.06. The summed E-state index contributed by atoms with van der Waals surface area (Å²) in [6.07, 6.45) is 1.08. The van der Waals surface area contributed by atoms with E-state index in [1.165, 1.54) is 16.0 Å². The first kappa shape index (κ1) is 12.6. The highest BCUT2D eigenvalue weighted by Gasteiger charge is 1.99. The van der Waals surface area contributed by atoms with Crippen molar-refractivity contribution in [1.82, 2.24) is 5.32 Å². The number of rotatable bonds is 5. The molecule has 0 saturated heterocycles. The zero-order chi connectivity index (χ0) is 12.1. The van der Waals surface area contributed by atoms with Gasteiger partial charge in [-0.1, -0.05) is 35.9 Å². The van der Waals surface area contributed by atoms with Gasteiger partial charge in [0.25, 0.3) is 0 Å². The first-order chi connectivity index (χ1) is 8.25. The fourth-order valence-corrected chi connectivity index (χ4v) is 2.83. The third-order valence-electron chi connectivity index (χ3n) is 2.76. The normalized spacial score (nSPS) is 10.7. The maximum atomic E-state index is 5.88. The molecule has 1 aromatic carbocycles. The summed E-state index contributed by atoms with van der Waals surface area (Å²) in [6.45, 7) is 4.07. The number of thiophene rings is 1. The summed E-state index contributed by atoms with van der Waals surface area (Å²) in [5, 5.41) is 3.44. The van der Waals surface area contributed by atoms with Gasteiger partial charge in [0.1, 0.15) is 0 Å². The monoisotopic (exact) mass is 265 g/mol. The molecule has 90 valence electrons. The molecule has 0 saturated carbocycles. The molecule has 0 bridgehead atoms. The van der Waals surface area contributed by atoms with Crippen molar-refractivity contribution in [3.8, 4) is 0 Å². The van der Waals surface area contributed by atoms with Crippen LogP contribution in [-0.2, 0) is 13.0 Å². The third-order valence-corrected chi connectivity index (χ3v) is 3.99. The molecule has 1 heterocycles. The van der Waals surface area contributed by atoms with Crippen molar-refractivity contribution in [2.45, 2.75) is 19.9 Å². The minimum Gasteiger partial charge on any atom is -0.312 e. The van der Waals surface area contributed by atoms with Gasteiger partial charge in [0.05, 0.1) is 4.34 Å². The summed E-state index contributed by atoms with van der Waals surface area (Å²) in [7, 11) is 0. The van der Waals surface area contributed by atoms with E-state index in [9.17, 15) is 0 Å². The number of hydrogen-bond donors (Lipinski definition) is 1. The van der Waals surface area contributed by atoms with E-state index in [1.807, 2.05) is 6.07 Å². The van der Waals surface area contributed by atoms with E-state index in [-0.39, 0.29) is 0 Å². The Labute approximate surface area is 111 Å². The van der Waals surface area contributed by atoms with Gasteiger partial charge in [-0.15, -0.1) is 11.3 Å². The molecule has 1 aromatic heterocycles. The Kier molecular flexibility index (Phi) is 4.60. The predicted molar refractivity (Wildman–Crippen MR) is 75.9 cm³/mol. The van der Waals surface area contributed by atoms with E-state index in [4.69, 9.17) is 11.6 Å². The molecule has 2 aromatic rings. The van der Waals surface area contributed by atoms with E-state index in [0.29, 0.717) is 0 Å². The maximum Gasteiger partial charge on any atom is 0.0931 e. The Hall–Kier alpha value is -0.830. The first-order valence-corrected chi connectivity index (χ1v) is 6.94. The fraction of sp³-hybridized carbons (Fsp3) is 0.286. The number of aryl methyl sites for hydroxylation is 1. The molecule has 1 nitrogen and oxygen atoms in total. The van der Waals surface area contributed by atoms with E-state index >= 15 is 0 Å². The largest absolute Gasteiger partial charge is 0.312 e. The molecule has 1 N–H and O–H groups in total. The summed E-state index contributed by atoms with van der Waals surface area (Å²) in [4.78, 5) is 1.29. The molecule has 0 aliphatic carbocycles. The van der Waals surface area contributed by atoms with Crippen LogP contribution in [0.5, 0.6) is 0 Å². The standard InChI is InChI=1S/C14H16ClNS/c1-11-4-2-3-5-12(11)8-9-16-10-13-6-7-14(15)17-13/h2-7,16H,8-10H2,1H3. The van der Waals surface area contributed by atoms with E-state index in [1.54, 1.807) is 11.3 Å². The van der Waals surface area contributed by atoms with Crippen LogP contribution in [0.15, 0.2) is 36.4 Å². The lowest BCUT2D eigenvalue weighted by atomic mass is 10.1. The van der Waals surface area contributed by atoms with Crippen LogP contribution in [0.3, 0.4) is 0 Å². The molecule has 0 aliphatic rings. The highest BCUT2D eigenvalue weighted by molar-refractivity contribution is 7.16. The van der Waals surface area contributed by atoms with Gasteiger partial charge in [-0.25, -0.2) is 0 Å². The second-order valence-corrected chi connectivity index (χ2v) is 5.86. The molecule has 2 rings (SSSR count). The van der Waals surface area contributed by atoms with Crippen LogP contribution < -0.4 is 5.32 Å². The van der Waals surface area contributed by atoms with Crippen LogP contribution in [0.1, 0.15) is 16.0 Å². The van der Waals surface area contributed by atoms with Gasteiger partial charge in [-0.05, 0) is 43.1 Å². The summed E-state index contributed by atoms with van der Waals surface area (Å²) >= 11 is 7.52. The Morgan fingerprint density at radius 2 is 2.00 bits per heavy atom. The first-order valence-electron chi connectivity index (χ1n) is 5.75. The SMILES string of the molecule is Cc1ccccc1CCNCc1ccc(Cl)s1. The molecular formula is C14H16ClNS. The average Bonchev–Trinajstić information content (AvgIpc) is 2.73. The van der Waals surface area contributed by atoms with Crippen LogP contribution in [0.25, 0.3) is 0 Å². The molecule has 0 fully saturated rings. The summed E-state index contributed by atoms with van der Waals surface area (Å²) in [6, 6.07) is 12.6. The van der Waals surface area contributed by atoms with Crippen LogP contribution in [0, 0.1) is 6.92 Å². The molecule has 0 aliphatic heterocycles. The van der Waals surface area contributed by atoms with Crippen LogP contribution >= 0.6 is 22.9 Å². The number of benzene rings is 1. The lowest BCUT2D eigenvalue weighted by molar-refractivity contribution is 0.692. The van der Waals surface area contributed by atoms with E-state index in [2.05, 4.69) is 42.6 Å². The quantitative estimate of drug-likeness (QED) is 0.805. The van der Waals surface area contributed by atoms with Crippen molar-refractivity contribution in [3.05, 3.63) is 56.7 Å². The molecule has 0 amide bonds. The van der Waals surface area contributed by atoms with E-state index < -0.39 is 0 Å². The van der Waals surface area contributed by atoms with Gasteiger partial charge in [0.2, 0.25) is 0 Å². The van der Waals surface area contributed by atoms with Gasteiger partial charge >= 0.3 is 0 Å².